The van der Waals surface area contributed by atoms with E-state index >= 15 is 0 Å². The Hall–Kier alpha value is -0.0800. The fourth-order valence-corrected chi connectivity index (χ4v) is 3.56. The lowest BCUT2D eigenvalue weighted by Crippen LogP contribution is -2.34. The van der Waals surface area contributed by atoms with Crippen molar-refractivity contribution < 1.29 is 0 Å². The van der Waals surface area contributed by atoms with Gasteiger partial charge < -0.3 is 10.6 Å². The SMILES string of the molecule is CCCCCCCCCCCCN1CCC(CCN)CC1. The maximum absolute atomic E-state index is 5.65. The van der Waals surface area contributed by atoms with Crippen LogP contribution in [0.4, 0.5) is 0 Å². The third-order valence-electron chi connectivity index (χ3n) is 5.11. The van der Waals surface area contributed by atoms with Gasteiger partial charge in [-0.15, -0.1) is 0 Å². The van der Waals surface area contributed by atoms with Crippen LogP contribution in [0.25, 0.3) is 0 Å². The van der Waals surface area contributed by atoms with Gasteiger partial charge in [0.1, 0.15) is 0 Å². The zero-order valence-electron chi connectivity index (χ0n) is 14.6. The lowest BCUT2D eigenvalue weighted by atomic mass is 9.93. The van der Waals surface area contributed by atoms with Gasteiger partial charge in [0, 0.05) is 0 Å². The zero-order chi connectivity index (χ0) is 15.2. The highest BCUT2D eigenvalue weighted by Gasteiger charge is 2.17. The first-order valence-corrected chi connectivity index (χ1v) is 9.79. The first-order chi connectivity index (χ1) is 10.4. The van der Waals surface area contributed by atoms with Crippen molar-refractivity contribution in [1.82, 2.24) is 4.90 Å². The number of rotatable bonds is 13. The van der Waals surface area contributed by atoms with Crippen LogP contribution in [-0.2, 0) is 0 Å². The molecule has 1 fully saturated rings. The number of hydrogen-bond donors (Lipinski definition) is 1. The minimum absolute atomic E-state index is 0.878. The number of likely N-dealkylation sites (tertiary alicyclic amines) is 1. The molecule has 0 atom stereocenters. The lowest BCUT2D eigenvalue weighted by Gasteiger charge is -2.31. The molecule has 1 aliphatic rings. The first-order valence-electron chi connectivity index (χ1n) is 9.79. The number of piperidine rings is 1. The fourth-order valence-electron chi connectivity index (χ4n) is 3.56. The number of nitrogens with two attached hydrogens (primary N) is 1. The summed E-state index contributed by atoms with van der Waals surface area (Å²) in [4.78, 5) is 2.68. The Morgan fingerprint density at radius 1 is 0.810 bits per heavy atom. The molecule has 2 N–H and O–H groups in total. The highest BCUT2D eigenvalue weighted by Crippen LogP contribution is 2.20. The monoisotopic (exact) mass is 296 g/mol. The summed E-state index contributed by atoms with van der Waals surface area (Å²) in [6, 6.07) is 0. The molecule has 0 aromatic rings. The third-order valence-corrected chi connectivity index (χ3v) is 5.11. The maximum atomic E-state index is 5.65. The third kappa shape index (κ3) is 10.3. The minimum Gasteiger partial charge on any atom is -0.330 e. The van der Waals surface area contributed by atoms with Gasteiger partial charge in [0.2, 0.25) is 0 Å². The maximum Gasteiger partial charge on any atom is -0.00161 e. The average molecular weight is 297 g/mol. The van der Waals surface area contributed by atoms with Crippen LogP contribution in [0.5, 0.6) is 0 Å². The van der Waals surface area contributed by atoms with Crippen LogP contribution in [0.15, 0.2) is 0 Å². The van der Waals surface area contributed by atoms with E-state index in [4.69, 9.17) is 5.73 Å². The molecule has 0 amide bonds. The van der Waals surface area contributed by atoms with Gasteiger partial charge in [-0.3, -0.25) is 0 Å². The number of hydrogen-bond acceptors (Lipinski definition) is 2. The van der Waals surface area contributed by atoms with E-state index in [9.17, 15) is 0 Å². The molecule has 0 aliphatic carbocycles. The predicted octanol–water partition coefficient (Wildman–Crippen LogP) is 4.97. The minimum atomic E-state index is 0.878. The lowest BCUT2D eigenvalue weighted by molar-refractivity contribution is 0.177. The molecule has 0 radical (unpaired) electrons. The Kier molecular flexibility index (Phi) is 12.3. The van der Waals surface area contributed by atoms with Crippen LogP contribution in [0.2, 0.25) is 0 Å². The largest absolute Gasteiger partial charge is 0.330 e. The van der Waals surface area contributed by atoms with Crippen molar-refractivity contribution in [3.05, 3.63) is 0 Å². The van der Waals surface area contributed by atoms with E-state index in [1.165, 1.54) is 103 Å². The highest BCUT2D eigenvalue weighted by atomic mass is 15.1. The van der Waals surface area contributed by atoms with Crippen molar-refractivity contribution in [2.24, 2.45) is 11.7 Å². The van der Waals surface area contributed by atoms with Crippen molar-refractivity contribution in [1.29, 1.82) is 0 Å². The van der Waals surface area contributed by atoms with Crippen LogP contribution in [0.3, 0.4) is 0 Å². The normalized spacial score (nSPS) is 17.4. The summed E-state index contributed by atoms with van der Waals surface area (Å²) in [7, 11) is 0. The Balaban J connectivity index is 1.80. The van der Waals surface area contributed by atoms with E-state index in [-0.39, 0.29) is 0 Å². The van der Waals surface area contributed by atoms with Gasteiger partial charge in [-0.2, -0.15) is 0 Å². The molecular weight excluding hydrogens is 256 g/mol. The highest BCUT2D eigenvalue weighted by molar-refractivity contribution is 4.72. The smallest absolute Gasteiger partial charge is 0.00161 e. The summed E-state index contributed by atoms with van der Waals surface area (Å²) >= 11 is 0. The van der Waals surface area contributed by atoms with Gasteiger partial charge in [0.05, 0.1) is 0 Å². The molecule has 0 spiro atoms. The summed E-state index contributed by atoms with van der Waals surface area (Å²) in [6.07, 6.45) is 18.4. The Morgan fingerprint density at radius 3 is 1.86 bits per heavy atom. The number of nitrogens with zero attached hydrogens (tertiary/aromatic N) is 1. The topological polar surface area (TPSA) is 29.3 Å². The van der Waals surface area contributed by atoms with Gasteiger partial charge in [-0.05, 0) is 57.8 Å². The summed E-state index contributed by atoms with van der Waals surface area (Å²) in [6.45, 7) is 7.15. The standard InChI is InChI=1S/C19H40N2/c1-2-3-4-5-6-7-8-9-10-11-16-21-17-13-19(12-15-20)14-18-21/h19H,2-18,20H2,1H3. The van der Waals surface area contributed by atoms with Gasteiger partial charge in [0.25, 0.3) is 0 Å². The quantitative estimate of drug-likeness (QED) is 0.486. The molecule has 2 heteroatoms. The summed E-state index contributed by atoms with van der Waals surface area (Å²) < 4.78 is 0. The van der Waals surface area contributed by atoms with Crippen molar-refractivity contribution in [3.8, 4) is 0 Å². The Morgan fingerprint density at radius 2 is 1.33 bits per heavy atom. The molecule has 1 saturated heterocycles. The summed E-state index contributed by atoms with van der Waals surface area (Å²) in [5.74, 6) is 0.916. The van der Waals surface area contributed by atoms with Gasteiger partial charge in [-0.1, -0.05) is 64.7 Å². The molecule has 0 saturated carbocycles. The zero-order valence-corrected chi connectivity index (χ0v) is 14.6. The van der Waals surface area contributed by atoms with Gasteiger partial charge in [0.15, 0.2) is 0 Å². The second-order valence-corrected chi connectivity index (χ2v) is 7.04. The average Bonchev–Trinajstić information content (AvgIpc) is 2.51. The van der Waals surface area contributed by atoms with Gasteiger partial charge in [-0.25, -0.2) is 0 Å². The summed E-state index contributed by atoms with van der Waals surface area (Å²) in [5.41, 5.74) is 5.65. The van der Waals surface area contributed by atoms with Crippen LogP contribution >= 0.6 is 0 Å². The van der Waals surface area contributed by atoms with Crippen LogP contribution in [0.1, 0.15) is 90.4 Å². The van der Waals surface area contributed by atoms with E-state index in [1.54, 1.807) is 0 Å². The van der Waals surface area contributed by atoms with Gasteiger partial charge >= 0.3 is 0 Å². The molecule has 0 bridgehead atoms. The van der Waals surface area contributed by atoms with E-state index in [2.05, 4.69) is 11.8 Å². The molecule has 126 valence electrons. The first kappa shape index (κ1) is 19.0. The molecule has 1 heterocycles. The molecule has 0 unspecified atom stereocenters. The molecular formula is C19H40N2. The van der Waals surface area contributed by atoms with Crippen LogP contribution in [0, 0.1) is 5.92 Å². The second kappa shape index (κ2) is 13.6. The fraction of sp³-hybridized carbons (Fsp3) is 1.00. The molecule has 1 rings (SSSR count). The van der Waals surface area contributed by atoms with Crippen molar-refractivity contribution in [3.63, 3.8) is 0 Å². The van der Waals surface area contributed by atoms with E-state index < -0.39 is 0 Å². The van der Waals surface area contributed by atoms with Crippen molar-refractivity contribution in [2.75, 3.05) is 26.2 Å². The molecule has 21 heavy (non-hydrogen) atoms. The Bertz CT molecular complexity index is 210. The van der Waals surface area contributed by atoms with E-state index in [0.29, 0.717) is 0 Å². The molecule has 0 aromatic carbocycles. The molecule has 0 aromatic heterocycles. The second-order valence-electron chi connectivity index (χ2n) is 7.04. The molecule has 1 aliphatic heterocycles. The Labute approximate surface area is 133 Å². The number of unbranched alkanes of at least 4 members (excludes halogenated alkanes) is 9. The van der Waals surface area contributed by atoms with E-state index in [0.717, 1.165) is 12.5 Å². The van der Waals surface area contributed by atoms with E-state index in [1.807, 2.05) is 0 Å². The molecule has 2 nitrogen and oxygen atoms in total. The summed E-state index contributed by atoms with van der Waals surface area (Å²) in [5, 5.41) is 0. The van der Waals surface area contributed by atoms with Crippen LogP contribution in [-0.4, -0.2) is 31.1 Å². The predicted molar refractivity (Wildman–Crippen MR) is 94.7 cm³/mol. The van der Waals surface area contributed by atoms with Crippen molar-refractivity contribution in [2.45, 2.75) is 90.4 Å². The van der Waals surface area contributed by atoms with Crippen molar-refractivity contribution >= 4 is 0 Å². The van der Waals surface area contributed by atoms with Crippen LogP contribution < -0.4 is 5.73 Å².